The van der Waals surface area contributed by atoms with Crippen LogP contribution in [0.5, 0.6) is 5.75 Å². The van der Waals surface area contributed by atoms with Gasteiger partial charge in [-0.15, -0.1) is 0 Å². The van der Waals surface area contributed by atoms with Gasteiger partial charge in [0, 0.05) is 31.0 Å². The highest BCUT2D eigenvalue weighted by Crippen LogP contribution is 2.17. The normalized spacial score (nSPS) is 10.7. The second-order valence-electron chi connectivity index (χ2n) is 6.79. The van der Waals surface area contributed by atoms with E-state index in [9.17, 15) is 9.59 Å². The number of imidazole rings is 1. The van der Waals surface area contributed by atoms with E-state index in [4.69, 9.17) is 4.74 Å². The standard InChI is InChI=1S/C22H26N4O3/c1-4-23-21(27)14-25(5-2)22(28)17-7-6-8-19(11-17)29-15-18-13-26-12-16(3)9-10-20(26)24-18/h6-13H,4-5,14-15H2,1-3H3,(H,23,27). The van der Waals surface area contributed by atoms with E-state index in [1.54, 1.807) is 24.3 Å². The molecule has 0 saturated heterocycles. The number of amides is 2. The van der Waals surface area contributed by atoms with Gasteiger partial charge in [-0.05, 0) is 50.6 Å². The largest absolute Gasteiger partial charge is 0.487 e. The summed E-state index contributed by atoms with van der Waals surface area (Å²) in [6, 6.07) is 11.0. The van der Waals surface area contributed by atoms with Crippen molar-refractivity contribution < 1.29 is 14.3 Å². The summed E-state index contributed by atoms with van der Waals surface area (Å²) in [5.41, 5.74) is 3.31. The van der Waals surface area contributed by atoms with E-state index in [2.05, 4.69) is 10.3 Å². The fraction of sp³-hybridized carbons (Fsp3) is 0.318. The van der Waals surface area contributed by atoms with Crippen LogP contribution in [0.15, 0.2) is 48.8 Å². The van der Waals surface area contributed by atoms with Crippen molar-refractivity contribution in [3.63, 3.8) is 0 Å². The van der Waals surface area contributed by atoms with Crippen molar-refractivity contribution in [2.24, 2.45) is 0 Å². The summed E-state index contributed by atoms with van der Waals surface area (Å²) < 4.78 is 7.82. The number of fused-ring (bicyclic) bond motifs is 1. The molecule has 0 spiro atoms. The zero-order valence-electron chi connectivity index (χ0n) is 17.0. The zero-order valence-corrected chi connectivity index (χ0v) is 17.0. The molecule has 7 heteroatoms. The number of carbonyl (C=O) groups is 2. The fourth-order valence-electron chi connectivity index (χ4n) is 3.04. The molecule has 0 aliphatic heterocycles. The number of pyridine rings is 1. The molecule has 0 aliphatic rings. The monoisotopic (exact) mass is 394 g/mol. The van der Waals surface area contributed by atoms with Crippen LogP contribution in [0.25, 0.3) is 5.65 Å². The molecule has 1 N–H and O–H groups in total. The molecule has 0 atom stereocenters. The third-order valence-electron chi connectivity index (χ3n) is 4.49. The Balaban J connectivity index is 1.67. The number of carbonyl (C=O) groups excluding carboxylic acids is 2. The summed E-state index contributed by atoms with van der Waals surface area (Å²) in [5, 5.41) is 2.71. The van der Waals surface area contributed by atoms with E-state index in [1.165, 1.54) is 4.90 Å². The summed E-state index contributed by atoms with van der Waals surface area (Å²) in [6.45, 7) is 7.05. The minimum absolute atomic E-state index is 0.0366. The highest BCUT2D eigenvalue weighted by atomic mass is 16.5. The minimum atomic E-state index is -0.201. The van der Waals surface area contributed by atoms with E-state index in [0.29, 0.717) is 31.0 Å². The van der Waals surface area contributed by atoms with E-state index in [1.807, 2.05) is 49.7 Å². The van der Waals surface area contributed by atoms with Crippen molar-refractivity contribution in [1.29, 1.82) is 0 Å². The first kappa shape index (κ1) is 20.4. The van der Waals surface area contributed by atoms with E-state index in [0.717, 1.165) is 16.9 Å². The summed E-state index contributed by atoms with van der Waals surface area (Å²) in [5.74, 6) is 0.211. The highest BCUT2D eigenvalue weighted by Gasteiger charge is 2.17. The lowest BCUT2D eigenvalue weighted by atomic mass is 10.2. The molecule has 2 amide bonds. The number of ether oxygens (including phenoxy) is 1. The van der Waals surface area contributed by atoms with Gasteiger partial charge in [-0.25, -0.2) is 4.98 Å². The second-order valence-corrected chi connectivity index (χ2v) is 6.79. The average molecular weight is 394 g/mol. The molecule has 0 saturated carbocycles. The van der Waals surface area contributed by atoms with Gasteiger partial charge in [0.15, 0.2) is 0 Å². The van der Waals surface area contributed by atoms with Gasteiger partial charge in [0.1, 0.15) is 18.0 Å². The number of aryl methyl sites for hydroxylation is 1. The van der Waals surface area contributed by atoms with E-state index < -0.39 is 0 Å². The molecule has 152 valence electrons. The molecule has 1 aromatic carbocycles. The Hall–Kier alpha value is -3.35. The van der Waals surface area contributed by atoms with Crippen LogP contribution in [0.3, 0.4) is 0 Å². The Kier molecular flexibility index (Phi) is 6.49. The van der Waals surface area contributed by atoms with Crippen molar-refractivity contribution in [3.05, 3.63) is 65.6 Å². The van der Waals surface area contributed by atoms with E-state index in [-0.39, 0.29) is 18.4 Å². The molecule has 0 bridgehead atoms. The summed E-state index contributed by atoms with van der Waals surface area (Å²) >= 11 is 0. The van der Waals surface area contributed by atoms with Crippen LogP contribution in [0.1, 0.15) is 35.5 Å². The van der Waals surface area contributed by atoms with Gasteiger partial charge in [-0.1, -0.05) is 12.1 Å². The Morgan fingerprint density at radius 3 is 2.76 bits per heavy atom. The zero-order chi connectivity index (χ0) is 20.8. The summed E-state index contributed by atoms with van der Waals surface area (Å²) in [4.78, 5) is 30.6. The number of aromatic nitrogens is 2. The second kappa shape index (κ2) is 9.23. The van der Waals surface area contributed by atoms with Crippen molar-refractivity contribution >= 4 is 17.5 Å². The maximum Gasteiger partial charge on any atom is 0.254 e. The van der Waals surface area contributed by atoms with Crippen LogP contribution in [-0.2, 0) is 11.4 Å². The van der Waals surface area contributed by atoms with E-state index >= 15 is 0 Å². The molecule has 0 radical (unpaired) electrons. The van der Waals surface area contributed by atoms with Crippen LogP contribution in [0, 0.1) is 6.92 Å². The van der Waals surface area contributed by atoms with Crippen LogP contribution in [-0.4, -0.2) is 45.7 Å². The lowest BCUT2D eigenvalue weighted by Crippen LogP contribution is -2.40. The molecule has 29 heavy (non-hydrogen) atoms. The molecule has 0 unspecified atom stereocenters. The predicted molar refractivity (Wildman–Crippen MR) is 111 cm³/mol. The van der Waals surface area contributed by atoms with Gasteiger partial charge >= 0.3 is 0 Å². The third kappa shape index (κ3) is 5.13. The quantitative estimate of drug-likeness (QED) is 0.637. The predicted octanol–water partition coefficient (Wildman–Crippen LogP) is 2.82. The molecule has 2 aromatic heterocycles. The topological polar surface area (TPSA) is 75.9 Å². The molecule has 3 rings (SSSR count). The molecule has 0 fully saturated rings. The minimum Gasteiger partial charge on any atom is -0.487 e. The molecular formula is C22H26N4O3. The Morgan fingerprint density at radius 1 is 1.17 bits per heavy atom. The molecule has 7 nitrogen and oxygen atoms in total. The number of hydrogen-bond donors (Lipinski definition) is 1. The molecule has 3 aromatic rings. The molecular weight excluding hydrogens is 368 g/mol. The molecule has 0 aliphatic carbocycles. The summed E-state index contributed by atoms with van der Waals surface area (Å²) in [6.07, 6.45) is 3.95. The summed E-state index contributed by atoms with van der Waals surface area (Å²) in [7, 11) is 0. The van der Waals surface area contributed by atoms with Crippen LogP contribution in [0.4, 0.5) is 0 Å². The Labute approximate surface area is 170 Å². The van der Waals surface area contributed by atoms with Gasteiger partial charge in [-0.3, -0.25) is 9.59 Å². The van der Waals surface area contributed by atoms with Crippen molar-refractivity contribution in [2.75, 3.05) is 19.6 Å². The van der Waals surface area contributed by atoms with Crippen molar-refractivity contribution in [3.8, 4) is 5.75 Å². The first-order chi connectivity index (χ1) is 14.0. The first-order valence-corrected chi connectivity index (χ1v) is 9.73. The van der Waals surface area contributed by atoms with Gasteiger partial charge in [0.2, 0.25) is 5.91 Å². The smallest absolute Gasteiger partial charge is 0.254 e. The number of likely N-dealkylation sites (N-methyl/N-ethyl adjacent to an activating group) is 2. The van der Waals surface area contributed by atoms with Gasteiger partial charge < -0.3 is 19.4 Å². The number of hydrogen-bond acceptors (Lipinski definition) is 4. The lowest BCUT2D eigenvalue weighted by Gasteiger charge is -2.20. The van der Waals surface area contributed by atoms with Gasteiger partial charge in [0.05, 0.1) is 12.2 Å². The number of benzene rings is 1. The number of nitrogens with zero attached hydrogens (tertiary/aromatic N) is 3. The SMILES string of the molecule is CCNC(=O)CN(CC)C(=O)c1cccc(OCc2cn3cc(C)ccc3n2)c1. The first-order valence-electron chi connectivity index (χ1n) is 9.73. The van der Waals surface area contributed by atoms with Crippen molar-refractivity contribution in [2.45, 2.75) is 27.4 Å². The van der Waals surface area contributed by atoms with Crippen LogP contribution >= 0.6 is 0 Å². The fourth-order valence-corrected chi connectivity index (χ4v) is 3.04. The Morgan fingerprint density at radius 2 is 2.00 bits per heavy atom. The average Bonchev–Trinajstić information content (AvgIpc) is 3.12. The number of nitrogens with one attached hydrogen (secondary N) is 1. The maximum absolute atomic E-state index is 12.8. The Bertz CT molecular complexity index is 1010. The lowest BCUT2D eigenvalue weighted by molar-refractivity contribution is -0.121. The van der Waals surface area contributed by atoms with Gasteiger partial charge in [-0.2, -0.15) is 0 Å². The van der Waals surface area contributed by atoms with Gasteiger partial charge in [0.25, 0.3) is 5.91 Å². The number of rotatable bonds is 8. The van der Waals surface area contributed by atoms with Crippen LogP contribution in [0.2, 0.25) is 0 Å². The third-order valence-corrected chi connectivity index (χ3v) is 4.49. The maximum atomic E-state index is 12.8. The van der Waals surface area contributed by atoms with Crippen LogP contribution < -0.4 is 10.1 Å². The highest BCUT2D eigenvalue weighted by molar-refractivity contribution is 5.96. The molecule has 2 heterocycles. The van der Waals surface area contributed by atoms with Crippen molar-refractivity contribution in [1.82, 2.24) is 19.6 Å².